The summed E-state index contributed by atoms with van der Waals surface area (Å²) in [5.41, 5.74) is 1.77. The minimum Gasteiger partial charge on any atom is -0.468 e. The van der Waals surface area contributed by atoms with E-state index in [2.05, 4.69) is 0 Å². The van der Waals surface area contributed by atoms with Crippen LogP contribution in [-0.4, -0.2) is 88.6 Å². The van der Waals surface area contributed by atoms with Crippen molar-refractivity contribution in [3.05, 3.63) is 95.1 Å². The first-order valence-electron chi connectivity index (χ1n) is 15.2. The van der Waals surface area contributed by atoms with Crippen molar-refractivity contribution >= 4 is 17.9 Å². The molecule has 0 saturated carbocycles. The Kier molecular flexibility index (Phi) is 16.3. The number of aliphatic hydroxyl groups is 1. The molecule has 13 heteroatoms. The van der Waals surface area contributed by atoms with Crippen molar-refractivity contribution in [2.45, 2.75) is 45.7 Å². The number of hydrogen-bond donors (Lipinski definition) is 1. The summed E-state index contributed by atoms with van der Waals surface area (Å²) in [4.78, 5) is 36.8. The Morgan fingerprint density at radius 1 is 0.542 bits per heavy atom. The second-order valence-corrected chi connectivity index (χ2v) is 10.6. The molecule has 3 rings (SSSR count). The number of carbonyl (C=O) groups is 3. The third-order valence-electron chi connectivity index (χ3n) is 6.53. The van der Waals surface area contributed by atoms with Crippen LogP contribution in [0.15, 0.2) is 72.8 Å². The Hall–Kier alpha value is -4.53. The zero-order valence-electron chi connectivity index (χ0n) is 27.5. The molecule has 0 aromatic heterocycles. The zero-order chi connectivity index (χ0) is 34.7. The second-order valence-electron chi connectivity index (χ2n) is 10.6. The van der Waals surface area contributed by atoms with E-state index in [-0.39, 0.29) is 52.9 Å². The first-order chi connectivity index (χ1) is 23.2. The summed E-state index contributed by atoms with van der Waals surface area (Å²) in [7, 11) is 1.51. The van der Waals surface area contributed by atoms with Crippen molar-refractivity contribution in [2.24, 2.45) is 0 Å². The summed E-state index contributed by atoms with van der Waals surface area (Å²) in [6.45, 7) is 5.21. The van der Waals surface area contributed by atoms with Gasteiger partial charge in [0, 0.05) is 7.11 Å². The molecular weight excluding hydrogens is 628 g/mol. The summed E-state index contributed by atoms with van der Waals surface area (Å²) in [5, 5.41) is 9.10. The Bertz CT molecular complexity index is 1390. The minimum atomic E-state index is -0.530. The maximum absolute atomic E-state index is 12.5. The maximum Gasteiger partial charge on any atom is 0.338 e. The molecule has 1 N–H and O–H groups in total. The van der Waals surface area contributed by atoms with Crippen LogP contribution in [0.1, 0.15) is 57.4 Å². The Labute approximate surface area is 279 Å². The molecule has 3 unspecified atom stereocenters. The van der Waals surface area contributed by atoms with Crippen molar-refractivity contribution in [3.63, 3.8) is 0 Å². The number of aliphatic hydroxyl groups excluding tert-OH is 1. The third-order valence-corrected chi connectivity index (χ3v) is 6.53. The first-order valence-corrected chi connectivity index (χ1v) is 15.2. The molecule has 0 aliphatic rings. The highest BCUT2D eigenvalue weighted by atomic mass is 16.7. The molecule has 0 radical (unpaired) electrons. The molecular formula is C35H42O13. The molecule has 0 spiro atoms. The molecule has 0 heterocycles. The molecule has 0 fully saturated rings. The van der Waals surface area contributed by atoms with Crippen LogP contribution >= 0.6 is 0 Å². The first kappa shape index (κ1) is 37.9. The van der Waals surface area contributed by atoms with Crippen molar-refractivity contribution in [3.8, 4) is 11.5 Å². The fraction of sp³-hybridized carbons (Fsp3) is 0.400. The van der Waals surface area contributed by atoms with Crippen LogP contribution in [-0.2, 0) is 39.8 Å². The number of esters is 3. The van der Waals surface area contributed by atoms with Gasteiger partial charge in [-0.1, -0.05) is 12.1 Å². The fourth-order valence-corrected chi connectivity index (χ4v) is 3.71. The predicted molar refractivity (Wildman–Crippen MR) is 171 cm³/mol. The highest BCUT2D eigenvalue weighted by Crippen LogP contribution is 2.16. The Balaban J connectivity index is 1.27. The Morgan fingerprint density at radius 2 is 0.875 bits per heavy atom. The average Bonchev–Trinajstić information content (AvgIpc) is 3.11. The SMILES string of the molecule is COCOC(C)COC(=O)c1ccc(OCOC(C)COC(=O)c2ccc(OCOC(C)COC(=O)c3ccc(CO)cc3)cc2)cc1. The van der Waals surface area contributed by atoms with Gasteiger partial charge in [0.1, 0.15) is 38.1 Å². The van der Waals surface area contributed by atoms with Crippen LogP contribution < -0.4 is 9.47 Å². The normalized spacial score (nSPS) is 12.8. The van der Waals surface area contributed by atoms with Gasteiger partial charge in [-0.2, -0.15) is 0 Å². The smallest absolute Gasteiger partial charge is 0.338 e. The standard InChI is InChI=1S/C35H42O13/c1-24(44-21-40-4)18-41-34(38)29-9-13-31(14-10-29)48-23-46-26(3)20-43-35(39)30-11-15-32(16-12-30)47-22-45-25(2)19-42-33(37)28-7-5-27(17-36)6-8-28/h5-16,24-26,36H,17-23H2,1-4H3. The average molecular weight is 671 g/mol. The lowest BCUT2D eigenvalue weighted by atomic mass is 10.1. The summed E-state index contributed by atoms with van der Waals surface area (Å²) < 4.78 is 48.1. The number of carbonyl (C=O) groups excluding carboxylic acids is 3. The molecule has 3 aromatic carbocycles. The van der Waals surface area contributed by atoms with Crippen LogP contribution in [0, 0.1) is 0 Å². The zero-order valence-corrected chi connectivity index (χ0v) is 27.5. The van der Waals surface area contributed by atoms with Gasteiger partial charge >= 0.3 is 17.9 Å². The van der Waals surface area contributed by atoms with E-state index in [1.54, 1.807) is 93.6 Å². The van der Waals surface area contributed by atoms with E-state index < -0.39 is 30.1 Å². The van der Waals surface area contributed by atoms with Crippen LogP contribution in [0.25, 0.3) is 0 Å². The van der Waals surface area contributed by atoms with E-state index in [1.807, 2.05) is 0 Å². The molecule has 48 heavy (non-hydrogen) atoms. The maximum atomic E-state index is 12.5. The third kappa shape index (κ3) is 13.7. The summed E-state index contributed by atoms with van der Waals surface area (Å²) in [5.74, 6) is -0.548. The monoisotopic (exact) mass is 670 g/mol. The lowest BCUT2D eigenvalue weighted by molar-refractivity contribution is -0.0828. The number of benzene rings is 3. The van der Waals surface area contributed by atoms with Crippen molar-refractivity contribution in [2.75, 3.05) is 47.3 Å². The van der Waals surface area contributed by atoms with Crippen LogP contribution in [0.2, 0.25) is 0 Å². The summed E-state index contributed by atoms with van der Waals surface area (Å²) in [6.07, 6.45) is -1.17. The van der Waals surface area contributed by atoms with E-state index in [4.69, 9.17) is 47.7 Å². The van der Waals surface area contributed by atoms with Crippen molar-refractivity contribution in [1.29, 1.82) is 0 Å². The van der Waals surface area contributed by atoms with Gasteiger partial charge in [0.05, 0.1) is 41.6 Å². The topological polar surface area (TPSA) is 155 Å². The number of methoxy groups -OCH3 is 1. The second kappa shape index (κ2) is 20.7. The summed E-state index contributed by atoms with van der Waals surface area (Å²) in [6, 6.07) is 19.2. The largest absolute Gasteiger partial charge is 0.468 e. The van der Waals surface area contributed by atoms with Gasteiger partial charge in [-0.05, 0) is 87.0 Å². The highest BCUT2D eigenvalue weighted by molar-refractivity contribution is 5.90. The Morgan fingerprint density at radius 3 is 1.21 bits per heavy atom. The van der Waals surface area contributed by atoms with E-state index in [0.717, 1.165) is 0 Å². The van der Waals surface area contributed by atoms with Crippen LogP contribution in [0.3, 0.4) is 0 Å². The van der Waals surface area contributed by atoms with Crippen LogP contribution in [0.5, 0.6) is 11.5 Å². The molecule has 3 atom stereocenters. The molecule has 0 aliphatic carbocycles. The van der Waals surface area contributed by atoms with Gasteiger partial charge in [0.2, 0.25) is 0 Å². The molecule has 260 valence electrons. The molecule has 0 bridgehead atoms. The van der Waals surface area contributed by atoms with Crippen molar-refractivity contribution in [1.82, 2.24) is 0 Å². The number of hydrogen-bond acceptors (Lipinski definition) is 13. The van der Waals surface area contributed by atoms with E-state index in [0.29, 0.717) is 33.8 Å². The number of ether oxygens (including phenoxy) is 9. The van der Waals surface area contributed by atoms with E-state index in [9.17, 15) is 14.4 Å². The van der Waals surface area contributed by atoms with Gasteiger partial charge in [0.15, 0.2) is 13.6 Å². The summed E-state index contributed by atoms with van der Waals surface area (Å²) >= 11 is 0. The fourth-order valence-electron chi connectivity index (χ4n) is 3.71. The van der Waals surface area contributed by atoms with E-state index >= 15 is 0 Å². The van der Waals surface area contributed by atoms with Crippen molar-refractivity contribution < 1.29 is 62.1 Å². The van der Waals surface area contributed by atoms with Gasteiger partial charge in [-0.25, -0.2) is 14.4 Å². The minimum absolute atomic E-state index is 0.00200. The van der Waals surface area contributed by atoms with E-state index in [1.165, 1.54) is 7.11 Å². The van der Waals surface area contributed by atoms with Crippen LogP contribution in [0.4, 0.5) is 0 Å². The molecule has 0 saturated heterocycles. The predicted octanol–water partition coefficient (Wildman–Crippen LogP) is 4.54. The van der Waals surface area contributed by atoms with Gasteiger partial charge < -0.3 is 47.7 Å². The lowest BCUT2D eigenvalue weighted by Crippen LogP contribution is -2.21. The lowest BCUT2D eigenvalue weighted by Gasteiger charge is -2.15. The molecule has 0 amide bonds. The molecule has 3 aromatic rings. The molecule has 13 nitrogen and oxygen atoms in total. The quantitative estimate of drug-likeness (QED) is 0.0959. The van der Waals surface area contributed by atoms with Gasteiger partial charge in [0.25, 0.3) is 0 Å². The van der Waals surface area contributed by atoms with Gasteiger partial charge in [-0.3, -0.25) is 0 Å². The number of rotatable bonds is 21. The highest BCUT2D eigenvalue weighted by Gasteiger charge is 2.14. The molecule has 0 aliphatic heterocycles. The van der Waals surface area contributed by atoms with Gasteiger partial charge in [-0.15, -0.1) is 0 Å².